The number of allylic oxidation sites excluding steroid dienone is 1. The van der Waals surface area contributed by atoms with Gasteiger partial charge in [0.2, 0.25) is 0 Å². The van der Waals surface area contributed by atoms with Crippen molar-refractivity contribution in [2.75, 3.05) is 13.7 Å². The molecule has 228 valence electrons. The van der Waals surface area contributed by atoms with Crippen LogP contribution in [0.25, 0.3) is 17.4 Å². The van der Waals surface area contributed by atoms with E-state index in [9.17, 15) is 14.4 Å². The molecule has 44 heavy (non-hydrogen) atoms. The zero-order valence-corrected chi connectivity index (χ0v) is 26.8. The summed E-state index contributed by atoms with van der Waals surface area (Å²) in [6, 6.07) is 12.7. The first-order valence-electron chi connectivity index (χ1n) is 13.6. The average molecular weight is 656 g/mol. The summed E-state index contributed by atoms with van der Waals surface area (Å²) in [5.41, 5.74) is 1.39. The number of furan rings is 1. The minimum Gasteiger partial charge on any atom is -0.493 e. The Morgan fingerprint density at radius 3 is 2.61 bits per heavy atom. The number of carbonyl (C=O) groups excluding carboxylic acids is 2. The molecule has 0 fully saturated rings. The molecule has 0 amide bonds. The van der Waals surface area contributed by atoms with Crippen molar-refractivity contribution >= 4 is 52.6 Å². The van der Waals surface area contributed by atoms with Gasteiger partial charge in [-0.1, -0.05) is 60.5 Å². The van der Waals surface area contributed by atoms with Crippen molar-refractivity contribution in [3.63, 3.8) is 0 Å². The van der Waals surface area contributed by atoms with Gasteiger partial charge in [0.05, 0.1) is 45.6 Å². The van der Waals surface area contributed by atoms with Gasteiger partial charge in [-0.2, -0.15) is 0 Å². The van der Waals surface area contributed by atoms with E-state index in [2.05, 4.69) is 4.99 Å². The maximum Gasteiger partial charge on any atom is 0.338 e. The van der Waals surface area contributed by atoms with Crippen molar-refractivity contribution in [1.82, 2.24) is 4.57 Å². The number of aromatic nitrogens is 1. The Hall–Kier alpha value is -4.12. The zero-order chi connectivity index (χ0) is 31.7. The van der Waals surface area contributed by atoms with Crippen molar-refractivity contribution in [2.45, 2.75) is 33.7 Å². The van der Waals surface area contributed by atoms with E-state index in [1.165, 1.54) is 18.6 Å². The smallest absolute Gasteiger partial charge is 0.338 e. The van der Waals surface area contributed by atoms with Gasteiger partial charge in [0.1, 0.15) is 11.5 Å². The Bertz CT molecular complexity index is 1990. The molecule has 1 unspecified atom stereocenters. The first-order chi connectivity index (χ1) is 21.0. The largest absolute Gasteiger partial charge is 0.493 e. The van der Waals surface area contributed by atoms with Crippen LogP contribution in [0.5, 0.6) is 11.5 Å². The van der Waals surface area contributed by atoms with Gasteiger partial charge >= 0.3 is 11.9 Å². The molecule has 2 aromatic carbocycles. The minimum absolute atomic E-state index is 0.0996. The monoisotopic (exact) mass is 654 g/mol. The van der Waals surface area contributed by atoms with Gasteiger partial charge in [-0.25, -0.2) is 9.79 Å². The molecule has 1 aliphatic heterocycles. The SMILES string of the molecule is COc1cc(C2C(C(=O)OCC(C)C)=C(C)N=c3sc(=Cc4ccc(-c5cccc(Cl)c5Cl)o4)c(=O)n32)ccc1OC(C)=O. The lowest BCUT2D eigenvalue weighted by molar-refractivity contribution is -0.140. The topological polar surface area (TPSA) is 109 Å². The molecule has 0 radical (unpaired) electrons. The van der Waals surface area contributed by atoms with Gasteiger partial charge < -0.3 is 18.6 Å². The molecule has 0 saturated carbocycles. The van der Waals surface area contributed by atoms with Gasteiger partial charge in [0, 0.05) is 18.6 Å². The van der Waals surface area contributed by atoms with Gasteiger partial charge in [-0.15, -0.1) is 0 Å². The third kappa shape index (κ3) is 6.24. The molecule has 0 bridgehead atoms. The number of hydrogen-bond acceptors (Lipinski definition) is 9. The molecule has 4 aromatic rings. The molecule has 0 N–H and O–H groups in total. The molecule has 9 nitrogen and oxygen atoms in total. The van der Waals surface area contributed by atoms with Crippen molar-refractivity contribution < 1.29 is 28.2 Å². The average Bonchev–Trinajstić information content (AvgIpc) is 3.56. The van der Waals surface area contributed by atoms with Crippen LogP contribution in [0.1, 0.15) is 45.1 Å². The summed E-state index contributed by atoms with van der Waals surface area (Å²) in [7, 11) is 1.44. The van der Waals surface area contributed by atoms with Crippen molar-refractivity contribution in [3.8, 4) is 22.8 Å². The first-order valence-corrected chi connectivity index (χ1v) is 15.2. The second-order valence-corrected chi connectivity index (χ2v) is 12.2. The van der Waals surface area contributed by atoms with E-state index in [1.54, 1.807) is 61.5 Å². The third-order valence-corrected chi connectivity index (χ3v) is 8.47. The van der Waals surface area contributed by atoms with Crippen LogP contribution in [0, 0.1) is 5.92 Å². The summed E-state index contributed by atoms with van der Waals surface area (Å²) in [6.45, 7) is 7.04. The number of esters is 2. The van der Waals surface area contributed by atoms with E-state index in [1.807, 2.05) is 13.8 Å². The van der Waals surface area contributed by atoms with E-state index < -0.39 is 18.0 Å². The number of hydrogen-bond donors (Lipinski definition) is 0. The Morgan fingerprint density at radius 1 is 1.14 bits per heavy atom. The van der Waals surface area contributed by atoms with Crippen LogP contribution in [0.4, 0.5) is 0 Å². The number of nitrogens with zero attached hydrogens (tertiary/aromatic N) is 2. The Labute approximate surface area is 266 Å². The summed E-state index contributed by atoms with van der Waals surface area (Å²) < 4.78 is 24.1. The summed E-state index contributed by atoms with van der Waals surface area (Å²) in [4.78, 5) is 44.1. The van der Waals surface area contributed by atoms with Crippen molar-refractivity contribution in [2.24, 2.45) is 10.9 Å². The number of ether oxygens (including phenoxy) is 3. The number of methoxy groups -OCH3 is 1. The molecule has 5 rings (SSSR count). The first kappa shape index (κ1) is 31.3. The van der Waals surface area contributed by atoms with Gasteiger partial charge in [0.15, 0.2) is 16.3 Å². The molecule has 2 aromatic heterocycles. The minimum atomic E-state index is -0.897. The maximum absolute atomic E-state index is 14.0. The molecule has 3 heterocycles. The number of carbonyl (C=O) groups is 2. The number of thiazole rings is 1. The molecule has 1 aliphatic rings. The van der Waals surface area contributed by atoms with Crippen LogP contribution < -0.4 is 24.4 Å². The normalized spacial score (nSPS) is 14.8. The lowest BCUT2D eigenvalue weighted by atomic mass is 9.95. The summed E-state index contributed by atoms with van der Waals surface area (Å²) >= 11 is 13.7. The quantitative estimate of drug-likeness (QED) is 0.171. The van der Waals surface area contributed by atoms with Crippen LogP contribution in [-0.4, -0.2) is 30.2 Å². The van der Waals surface area contributed by atoms with Gasteiger partial charge in [0.25, 0.3) is 5.56 Å². The second-order valence-electron chi connectivity index (χ2n) is 10.4. The summed E-state index contributed by atoms with van der Waals surface area (Å²) in [5.74, 6) is 0.356. The Balaban J connectivity index is 1.64. The van der Waals surface area contributed by atoms with Gasteiger partial charge in [-0.3, -0.25) is 14.2 Å². The summed E-state index contributed by atoms with van der Waals surface area (Å²) in [5, 5.41) is 0.753. The molecule has 1 atom stereocenters. The Morgan fingerprint density at radius 2 is 1.91 bits per heavy atom. The predicted molar refractivity (Wildman–Crippen MR) is 168 cm³/mol. The highest BCUT2D eigenvalue weighted by Gasteiger charge is 2.34. The molecule has 12 heteroatoms. The lowest BCUT2D eigenvalue weighted by Gasteiger charge is -2.25. The van der Waals surface area contributed by atoms with E-state index in [0.717, 1.165) is 11.3 Å². The number of halogens is 2. The number of rotatable bonds is 8. The predicted octanol–water partition coefficient (Wildman–Crippen LogP) is 5.94. The summed E-state index contributed by atoms with van der Waals surface area (Å²) in [6.07, 6.45) is 1.61. The number of fused-ring (bicyclic) bond motifs is 1. The molecule has 0 spiro atoms. The van der Waals surface area contributed by atoms with Crippen LogP contribution in [0.2, 0.25) is 10.0 Å². The van der Waals surface area contributed by atoms with E-state index >= 15 is 0 Å². The Kier molecular flexibility index (Phi) is 9.15. The second kappa shape index (κ2) is 12.9. The van der Waals surface area contributed by atoms with Crippen LogP contribution in [-0.2, 0) is 14.3 Å². The van der Waals surface area contributed by atoms with E-state index in [0.29, 0.717) is 47.7 Å². The van der Waals surface area contributed by atoms with Crippen molar-refractivity contribution in [1.29, 1.82) is 0 Å². The fourth-order valence-corrected chi connectivity index (χ4v) is 6.13. The molecular formula is C32H28Cl2N2O7S. The van der Waals surface area contributed by atoms with Crippen LogP contribution >= 0.6 is 34.5 Å². The fraction of sp³-hybridized carbons (Fsp3) is 0.250. The van der Waals surface area contributed by atoms with Crippen molar-refractivity contribution in [3.05, 3.63) is 101 Å². The number of benzene rings is 2. The lowest BCUT2D eigenvalue weighted by Crippen LogP contribution is -2.40. The zero-order valence-electron chi connectivity index (χ0n) is 24.5. The standard InChI is InChI=1S/C32H28Cl2N2O7S/c1-16(2)15-41-31(39)27-17(3)35-32-36(29(27)19-9-11-24(42-18(4)37)25(13-19)40-5)30(38)26(44-32)14-20-10-12-23(43-20)21-7-6-8-22(33)28(21)34/h6-14,16,29H,15H2,1-5H3. The fourth-order valence-electron chi connectivity index (χ4n) is 4.71. The van der Waals surface area contributed by atoms with Crippen LogP contribution in [0.3, 0.4) is 0 Å². The molecule has 0 saturated heterocycles. The van der Waals surface area contributed by atoms with E-state index in [4.69, 9.17) is 41.8 Å². The maximum atomic E-state index is 14.0. The van der Waals surface area contributed by atoms with Gasteiger partial charge in [-0.05, 0) is 54.8 Å². The highest BCUT2D eigenvalue weighted by Crippen LogP contribution is 2.37. The van der Waals surface area contributed by atoms with E-state index in [-0.39, 0.29) is 35.2 Å². The highest BCUT2D eigenvalue weighted by molar-refractivity contribution is 7.07. The molecule has 0 aliphatic carbocycles. The highest BCUT2D eigenvalue weighted by atomic mass is 35.5. The molecular weight excluding hydrogens is 627 g/mol. The third-order valence-electron chi connectivity index (χ3n) is 6.66. The van der Waals surface area contributed by atoms with Crippen LogP contribution in [0.15, 0.2) is 74.0 Å².